The fourth-order valence-electron chi connectivity index (χ4n) is 6.81. The van der Waals surface area contributed by atoms with Gasteiger partial charge in [0.05, 0.1) is 28.0 Å². The number of carbonyl (C=O) groups is 3. The number of ether oxygens (including phenoxy) is 1. The number of hydrogen-bond acceptors (Lipinski definition) is 4. The lowest BCUT2D eigenvalue weighted by molar-refractivity contribution is -0.122. The highest BCUT2D eigenvalue weighted by Gasteiger charge is 2.67. The molecule has 0 unspecified atom stereocenters. The number of hydrogen-bond donors (Lipinski definition) is 1. The standard InChI is InChI=1S/C30H25BrN2O4/c31-30-22-9-3-1-7-20(22)24(21-8-2-4-10-23(21)30)25-26(30)29(36)33(28(25)35)18-13-11-17(12-14-18)27(34)32-16-19-6-5-15-37-19/h1-4,7-14,19,24-26H,5-6,15-16H2,(H,32,34)/t19-,24?,25+,26+,30?/m0/s1. The summed E-state index contributed by atoms with van der Waals surface area (Å²) in [5, 5.41) is 2.92. The third-order valence-corrected chi connectivity index (χ3v) is 9.76. The molecule has 3 atom stereocenters. The van der Waals surface area contributed by atoms with Crippen LogP contribution in [0.4, 0.5) is 5.69 Å². The molecular formula is C30H25BrN2O4. The van der Waals surface area contributed by atoms with Crippen LogP contribution in [0.1, 0.15) is 51.4 Å². The van der Waals surface area contributed by atoms with Crippen molar-refractivity contribution in [3.8, 4) is 0 Å². The van der Waals surface area contributed by atoms with Crippen molar-refractivity contribution in [1.29, 1.82) is 0 Å². The molecule has 0 saturated carbocycles. The van der Waals surface area contributed by atoms with E-state index in [0.717, 1.165) is 41.7 Å². The molecule has 7 heteroatoms. The molecule has 3 amide bonds. The van der Waals surface area contributed by atoms with Crippen molar-refractivity contribution < 1.29 is 19.1 Å². The van der Waals surface area contributed by atoms with E-state index in [2.05, 4.69) is 45.5 Å². The normalized spacial score (nSPS) is 29.2. The van der Waals surface area contributed by atoms with Crippen molar-refractivity contribution in [2.75, 3.05) is 18.1 Å². The number of rotatable bonds is 4. The van der Waals surface area contributed by atoms with Crippen molar-refractivity contribution in [3.63, 3.8) is 0 Å². The predicted molar refractivity (Wildman–Crippen MR) is 142 cm³/mol. The second kappa shape index (κ2) is 8.36. The van der Waals surface area contributed by atoms with Gasteiger partial charge >= 0.3 is 0 Å². The maximum Gasteiger partial charge on any atom is 0.251 e. The first-order valence-electron chi connectivity index (χ1n) is 12.8. The van der Waals surface area contributed by atoms with Gasteiger partial charge in [0.15, 0.2) is 0 Å². The molecule has 0 aromatic heterocycles. The van der Waals surface area contributed by atoms with Crippen molar-refractivity contribution in [3.05, 3.63) is 101 Å². The molecule has 5 aliphatic rings. The summed E-state index contributed by atoms with van der Waals surface area (Å²) < 4.78 is 4.80. The molecule has 2 bridgehead atoms. The number of alkyl halides is 1. The molecule has 6 nitrogen and oxygen atoms in total. The van der Waals surface area contributed by atoms with Gasteiger partial charge in [-0.05, 0) is 59.4 Å². The van der Waals surface area contributed by atoms with Gasteiger partial charge in [0.1, 0.15) is 0 Å². The Balaban J connectivity index is 1.22. The van der Waals surface area contributed by atoms with Crippen LogP contribution in [0.25, 0.3) is 0 Å². The van der Waals surface area contributed by atoms with Gasteiger partial charge in [0.2, 0.25) is 11.8 Å². The number of nitrogens with one attached hydrogen (secondary N) is 1. The van der Waals surface area contributed by atoms with Crippen LogP contribution in [0.3, 0.4) is 0 Å². The van der Waals surface area contributed by atoms with Crippen LogP contribution in [0.15, 0.2) is 72.8 Å². The molecule has 1 N–H and O–H groups in total. The average Bonchev–Trinajstić information content (AvgIpc) is 3.54. The number of benzene rings is 3. The summed E-state index contributed by atoms with van der Waals surface area (Å²) in [7, 11) is 0. The first-order valence-corrected chi connectivity index (χ1v) is 13.5. The van der Waals surface area contributed by atoms with E-state index >= 15 is 0 Å². The maximum absolute atomic E-state index is 14.0. The lowest BCUT2D eigenvalue weighted by atomic mass is 9.55. The Morgan fingerprint density at radius 3 is 2.22 bits per heavy atom. The van der Waals surface area contributed by atoms with Crippen LogP contribution in [-0.4, -0.2) is 37.0 Å². The summed E-state index contributed by atoms with van der Waals surface area (Å²) in [5.74, 6) is -1.82. The molecule has 3 aromatic rings. The van der Waals surface area contributed by atoms with E-state index < -0.39 is 16.2 Å². The summed E-state index contributed by atoms with van der Waals surface area (Å²) in [6.07, 6.45) is 2.03. The second-order valence-corrected chi connectivity index (χ2v) is 11.5. The van der Waals surface area contributed by atoms with Crippen LogP contribution in [0.5, 0.6) is 0 Å². The second-order valence-electron chi connectivity index (χ2n) is 10.3. The first-order chi connectivity index (χ1) is 18.0. The SMILES string of the molecule is O=C(NC[C@@H]1CCCO1)c1ccc(N2C(=O)[C@@H]3C4c5ccccc5C(Br)(c5ccccc54)[C@H]3C2=O)cc1. The Morgan fingerprint density at radius 1 is 0.946 bits per heavy atom. The lowest BCUT2D eigenvalue weighted by Crippen LogP contribution is -2.50. The van der Waals surface area contributed by atoms with Crippen molar-refractivity contribution in [1.82, 2.24) is 5.32 Å². The van der Waals surface area contributed by atoms with Gasteiger partial charge in [-0.15, -0.1) is 0 Å². The van der Waals surface area contributed by atoms with Gasteiger partial charge < -0.3 is 10.1 Å². The fourth-order valence-corrected chi connectivity index (χ4v) is 8.01. The van der Waals surface area contributed by atoms with Crippen molar-refractivity contribution in [2.45, 2.75) is 29.2 Å². The fraction of sp³-hybridized carbons (Fsp3) is 0.300. The minimum Gasteiger partial charge on any atom is -0.376 e. The highest BCUT2D eigenvalue weighted by atomic mass is 79.9. The maximum atomic E-state index is 14.0. The molecule has 186 valence electrons. The third-order valence-electron chi connectivity index (χ3n) is 8.42. The summed E-state index contributed by atoms with van der Waals surface area (Å²) >= 11 is 4.02. The largest absolute Gasteiger partial charge is 0.376 e. The number of amides is 3. The zero-order valence-electron chi connectivity index (χ0n) is 20.0. The summed E-state index contributed by atoms with van der Waals surface area (Å²) in [4.78, 5) is 41.9. The Hall–Kier alpha value is -3.29. The summed E-state index contributed by atoms with van der Waals surface area (Å²) in [6, 6.07) is 23.0. The molecule has 2 heterocycles. The smallest absolute Gasteiger partial charge is 0.251 e. The molecule has 8 rings (SSSR count). The lowest BCUT2D eigenvalue weighted by Gasteiger charge is -2.51. The molecule has 0 radical (unpaired) electrons. The van der Waals surface area contributed by atoms with E-state index in [1.807, 2.05) is 24.3 Å². The minimum atomic E-state index is -0.775. The Morgan fingerprint density at radius 2 is 1.59 bits per heavy atom. The topological polar surface area (TPSA) is 75.7 Å². The summed E-state index contributed by atoms with van der Waals surface area (Å²) in [5.41, 5.74) is 5.28. The summed E-state index contributed by atoms with van der Waals surface area (Å²) in [6.45, 7) is 1.21. The zero-order chi connectivity index (χ0) is 25.3. The first kappa shape index (κ1) is 22.9. The average molecular weight is 557 g/mol. The van der Waals surface area contributed by atoms with E-state index in [9.17, 15) is 14.4 Å². The molecular weight excluding hydrogens is 532 g/mol. The monoisotopic (exact) mass is 556 g/mol. The van der Waals surface area contributed by atoms with Gasteiger partial charge in [0.25, 0.3) is 5.91 Å². The Bertz CT molecular complexity index is 1400. The van der Waals surface area contributed by atoms with E-state index in [-0.39, 0.29) is 29.7 Å². The molecule has 3 aliphatic carbocycles. The number of anilines is 1. The zero-order valence-corrected chi connectivity index (χ0v) is 21.6. The minimum absolute atomic E-state index is 0.0617. The van der Waals surface area contributed by atoms with Crippen molar-refractivity contribution in [2.24, 2.45) is 11.8 Å². The number of imide groups is 1. The molecule has 37 heavy (non-hydrogen) atoms. The number of halogens is 1. The van der Waals surface area contributed by atoms with Crippen LogP contribution in [0.2, 0.25) is 0 Å². The quantitative estimate of drug-likeness (QED) is 0.379. The molecule has 0 spiro atoms. The van der Waals surface area contributed by atoms with Crippen LogP contribution < -0.4 is 10.2 Å². The van der Waals surface area contributed by atoms with E-state index in [1.54, 1.807) is 24.3 Å². The Kier molecular flexibility index (Phi) is 5.17. The van der Waals surface area contributed by atoms with Crippen LogP contribution >= 0.6 is 15.9 Å². The molecule has 2 aliphatic heterocycles. The van der Waals surface area contributed by atoms with E-state index in [4.69, 9.17) is 4.74 Å². The van der Waals surface area contributed by atoms with Gasteiger partial charge in [-0.25, -0.2) is 4.90 Å². The molecule has 2 saturated heterocycles. The van der Waals surface area contributed by atoms with Gasteiger partial charge in [0, 0.05) is 24.6 Å². The molecule has 2 fully saturated rings. The molecule has 3 aromatic carbocycles. The van der Waals surface area contributed by atoms with E-state index in [1.165, 1.54) is 4.90 Å². The highest BCUT2D eigenvalue weighted by molar-refractivity contribution is 9.09. The Labute approximate surface area is 223 Å². The predicted octanol–water partition coefficient (Wildman–Crippen LogP) is 4.50. The van der Waals surface area contributed by atoms with E-state index in [0.29, 0.717) is 17.8 Å². The van der Waals surface area contributed by atoms with Crippen molar-refractivity contribution >= 4 is 39.3 Å². The van der Waals surface area contributed by atoms with Gasteiger partial charge in [-0.3, -0.25) is 14.4 Å². The van der Waals surface area contributed by atoms with Gasteiger partial charge in [-0.2, -0.15) is 0 Å². The van der Waals surface area contributed by atoms with Crippen LogP contribution in [-0.2, 0) is 18.7 Å². The highest BCUT2D eigenvalue weighted by Crippen LogP contribution is 2.66. The number of carbonyl (C=O) groups excluding carboxylic acids is 3. The van der Waals surface area contributed by atoms with Crippen LogP contribution in [0, 0.1) is 11.8 Å². The third kappa shape index (κ3) is 3.17. The number of nitrogens with zero attached hydrogens (tertiary/aromatic N) is 1. The van der Waals surface area contributed by atoms with Gasteiger partial charge in [-0.1, -0.05) is 64.5 Å².